The molecule has 6 heteroatoms. The Hall–Kier alpha value is -1.92. The van der Waals surface area contributed by atoms with Gasteiger partial charge in [-0.3, -0.25) is 9.59 Å². The Morgan fingerprint density at radius 3 is 2.50 bits per heavy atom. The summed E-state index contributed by atoms with van der Waals surface area (Å²) in [6.07, 6.45) is 0. The van der Waals surface area contributed by atoms with Crippen LogP contribution in [0.15, 0.2) is 24.3 Å². The maximum absolute atomic E-state index is 12.1. The molecule has 2 rings (SSSR count). The highest BCUT2D eigenvalue weighted by atomic mass is 16.5. The Bertz CT molecular complexity index is 510. The molecule has 120 valence electrons. The van der Waals surface area contributed by atoms with E-state index in [1.807, 2.05) is 31.2 Å². The van der Waals surface area contributed by atoms with Gasteiger partial charge < -0.3 is 19.9 Å². The second-order valence-corrected chi connectivity index (χ2v) is 5.70. The van der Waals surface area contributed by atoms with Gasteiger partial charge in [-0.15, -0.1) is 0 Å². The third-order valence-corrected chi connectivity index (χ3v) is 3.74. The number of amides is 2. The predicted octanol–water partition coefficient (Wildman–Crippen LogP) is -0.693. The van der Waals surface area contributed by atoms with Crippen LogP contribution in [-0.2, 0) is 14.3 Å². The van der Waals surface area contributed by atoms with Gasteiger partial charge in [-0.1, -0.05) is 17.7 Å². The summed E-state index contributed by atoms with van der Waals surface area (Å²) in [7, 11) is 1.66. The lowest BCUT2D eigenvalue weighted by molar-refractivity contribution is -0.900. The van der Waals surface area contributed by atoms with Crippen LogP contribution in [0.1, 0.15) is 5.56 Å². The van der Waals surface area contributed by atoms with E-state index in [2.05, 4.69) is 5.32 Å². The molecule has 1 aromatic rings. The fourth-order valence-corrected chi connectivity index (χ4v) is 2.33. The molecule has 1 aliphatic rings. The summed E-state index contributed by atoms with van der Waals surface area (Å²) in [5.41, 5.74) is 1.88. The van der Waals surface area contributed by atoms with Gasteiger partial charge in [-0.25, -0.2) is 0 Å². The monoisotopic (exact) mass is 306 g/mol. The summed E-state index contributed by atoms with van der Waals surface area (Å²) >= 11 is 0. The van der Waals surface area contributed by atoms with Crippen LogP contribution >= 0.6 is 0 Å². The molecule has 1 fully saturated rings. The van der Waals surface area contributed by atoms with E-state index in [0.29, 0.717) is 19.8 Å². The number of rotatable bonds is 5. The minimum absolute atomic E-state index is 0.0176. The summed E-state index contributed by atoms with van der Waals surface area (Å²) in [6.45, 7) is 5.55. The van der Waals surface area contributed by atoms with Crippen molar-refractivity contribution < 1.29 is 19.2 Å². The van der Waals surface area contributed by atoms with Crippen LogP contribution in [0.3, 0.4) is 0 Å². The second kappa shape index (κ2) is 7.91. The van der Waals surface area contributed by atoms with E-state index in [1.54, 1.807) is 7.05 Å². The van der Waals surface area contributed by atoms with Crippen LogP contribution in [0, 0.1) is 6.92 Å². The highest BCUT2D eigenvalue weighted by Gasteiger charge is 2.21. The molecule has 2 N–H and O–H groups in total. The molecule has 22 heavy (non-hydrogen) atoms. The van der Waals surface area contributed by atoms with E-state index < -0.39 is 0 Å². The fraction of sp³-hybridized carbons (Fsp3) is 0.500. The van der Waals surface area contributed by atoms with E-state index in [1.165, 1.54) is 9.80 Å². The van der Waals surface area contributed by atoms with E-state index in [9.17, 15) is 9.59 Å². The number of carbonyl (C=O) groups is 2. The third-order valence-electron chi connectivity index (χ3n) is 3.74. The summed E-state index contributed by atoms with van der Waals surface area (Å²) in [5.74, 6) is -0.201. The average molecular weight is 306 g/mol. The Morgan fingerprint density at radius 1 is 1.23 bits per heavy atom. The fourth-order valence-electron chi connectivity index (χ4n) is 2.33. The van der Waals surface area contributed by atoms with Gasteiger partial charge in [0, 0.05) is 12.7 Å². The molecule has 0 bridgehead atoms. The van der Waals surface area contributed by atoms with Crippen molar-refractivity contribution in [2.24, 2.45) is 0 Å². The number of nitrogens with zero attached hydrogens (tertiary/aromatic N) is 1. The lowest BCUT2D eigenvalue weighted by Gasteiger charge is -2.25. The molecule has 0 saturated carbocycles. The number of anilines is 1. The van der Waals surface area contributed by atoms with Crippen LogP contribution in [0.4, 0.5) is 5.69 Å². The summed E-state index contributed by atoms with van der Waals surface area (Å²) < 4.78 is 5.27. The van der Waals surface area contributed by atoms with Gasteiger partial charge in [0.2, 0.25) is 5.91 Å². The molecule has 0 unspecified atom stereocenters. The van der Waals surface area contributed by atoms with Gasteiger partial charge in [0.25, 0.3) is 5.91 Å². The van der Waals surface area contributed by atoms with Crippen molar-refractivity contribution in [3.05, 3.63) is 29.8 Å². The average Bonchev–Trinajstić information content (AvgIpc) is 2.50. The number of aryl methyl sites for hydroxylation is 1. The Morgan fingerprint density at radius 2 is 1.86 bits per heavy atom. The van der Waals surface area contributed by atoms with E-state index in [0.717, 1.165) is 24.3 Å². The molecular weight excluding hydrogens is 282 g/mol. The molecular formula is C16H24N3O3+. The second-order valence-electron chi connectivity index (χ2n) is 5.70. The first kappa shape index (κ1) is 16.5. The highest BCUT2D eigenvalue weighted by Crippen LogP contribution is 2.08. The molecule has 1 heterocycles. The van der Waals surface area contributed by atoms with Gasteiger partial charge in [-0.2, -0.15) is 0 Å². The first-order chi connectivity index (χ1) is 10.5. The number of benzene rings is 1. The largest absolute Gasteiger partial charge is 0.370 e. The molecule has 1 saturated heterocycles. The maximum Gasteiger partial charge on any atom is 0.277 e. The molecule has 6 nitrogen and oxygen atoms in total. The first-order valence-corrected chi connectivity index (χ1v) is 7.56. The normalized spacial score (nSPS) is 15.4. The van der Waals surface area contributed by atoms with Gasteiger partial charge in [0.05, 0.1) is 19.8 Å². The van der Waals surface area contributed by atoms with Crippen molar-refractivity contribution >= 4 is 17.5 Å². The van der Waals surface area contributed by atoms with Crippen molar-refractivity contribution in [3.8, 4) is 0 Å². The van der Waals surface area contributed by atoms with Crippen molar-refractivity contribution in [3.63, 3.8) is 0 Å². The summed E-state index contributed by atoms with van der Waals surface area (Å²) in [6, 6.07) is 7.58. The van der Waals surface area contributed by atoms with Gasteiger partial charge in [0.1, 0.15) is 13.1 Å². The molecule has 2 amide bonds. The highest BCUT2D eigenvalue weighted by molar-refractivity contribution is 5.94. The Labute approximate surface area is 131 Å². The summed E-state index contributed by atoms with van der Waals surface area (Å²) in [5, 5.41) is 2.80. The topological polar surface area (TPSA) is 63.1 Å². The molecule has 0 radical (unpaired) electrons. The number of carbonyl (C=O) groups excluding carboxylic acids is 2. The summed E-state index contributed by atoms with van der Waals surface area (Å²) in [4.78, 5) is 26.8. The minimum Gasteiger partial charge on any atom is -0.370 e. The van der Waals surface area contributed by atoms with Crippen molar-refractivity contribution in [1.29, 1.82) is 0 Å². The number of quaternary nitrogens is 1. The zero-order chi connectivity index (χ0) is 15.9. The maximum atomic E-state index is 12.1. The number of hydrogen-bond donors (Lipinski definition) is 2. The lowest BCUT2D eigenvalue weighted by Crippen LogP contribution is -3.15. The quantitative estimate of drug-likeness (QED) is 0.757. The predicted molar refractivity (Wildman–Crippen MR) is 83.8 cm³/mol. The molecule has 0 atom stereocenters. The smallest absolute Gasteiger partial charge is 0.277 e. The van der Waals surface area contributed by atoms with Gasteiger partial charge in [-0.05, 0) is 19.1 Å². The molecule has 0 aromatic heterocycles. The SMILES string of the molecule is Cc1ccc(NC(=O)CN(C)C(=O)C[NH+]2CCOCC2)cc1. The van der Waals surface area contributed by atoms with Crippen molar-refractivity contribution in [1.82, 2.24) is 4.90 Å². The van der Waals surface area contributed by atoms with Gasteiger partial charge in [0.15, 0.2) is 6.54 Å². The van der Waals surface area contributed by atoms with Crippen molar-refractivity contribution in [2.45, 2.75) is 6.92 Å². The number of hydrogen-bond acceptors (Lipinski definition) is 3. The Kier molecular flexibility index (Phi) is 5.91. The zero-order valence-corrected chi connectivity index (χ0v) is 13.2. The van der Waals surface area contributed by atoms with Crippen LogP contribution < -0.4 is 10.2 Å². The van der Waals surface area contributed by atoms with Crippen LogP contribution in [0.5, 0.6) is 0 Å². The third kappa shape index (κ3) is 5.13. The molecule has 0 spiro atoms. The Balaban J connectivity index is 1.77. The standard InChI is InChI=1S/C16H23N3O3/c1-13-3-5-14(6-4-13)17-15(20)11-18(2)16(21)12-19-7-9-22-10-8-19/h3-6H,7-12H2,1-2H3,(H,17,20)/p+1. The van der Waals surface area contributed by atoms with Crippen LogP contribution in [0.25, 0.3) is 0 Å². The number of likely N-dealkylation sites (N-methyl/N-ethyl adjacent to an activating group) is 1. The van der Waals surface area contributed by atoms with E-state index in [4.69, 9.17) is 4.74 Å². The van der Waals surface area contributed by atoms with Crippen molar-refractivity contribution in [2.75, 3.05) is 51.8 Å². The van der Waals surface area contributed by atoms with Crippen LogP contribution in [0.2, 0.25) is 0 Å². The molecule has 1 aromatic carbocycles. The number of morpholine rings is 1. The van der Waals surface area contributed by atoms with E-state index in [-0.39, 0.29) is 18.4 Å². The van der Waals surface area contributed by atoms with Crippen LogP contribution in [-0.4, -0.2) is 63.2 Å². The lowest BCUT2D eigenvalue weighted by atomic mass is 10.2. The zero-order valence-electron chi connectivity index (χ0n) is 13.2. The number of nitrogens with one attached hydrogen (secondary N) is 2. The van der Waals surface area contributed by atoms with E-state index >= 15 is 0 Å². The minimum atomic E-state index is -0.184. The number of ether oxygens (including phenoxy) is 1. The first-order valence-electron chi connectivity index (χ1n) is 7.56. The van der Waals surface area contributed by atoms with Gasteiger partial charge >= 0.3 is 0 Å². The molecule has 0 aliphatic carbocycles. The molecule has 1 aliphatic heterocycles.